The second-order valence-corrected chi connectivity index (χ2v) is 6.62. The van der Waals surface area contributed by atoms with E-state index in [0.717, 1.165) is 20.0 Å². The van der Waals surface area contributed by atoms with Crippen molar-refractivity contribution in [3.05, 3.63) is 45.3 Å². The van der Waals surface area contributed by atoms with Crippen molar-refractivity contribution in [2.45, 2.75) is 4.90 Å². The highest BCUT2D eigenvalue weighted by Crippen LogP contribution is 2.35. The van der Waals surface area contributed by atoms with Gasteiger partial charge in [-0.1, -0.05) is 31.9 Å². The summed E-state index contributed by atoms with van der Waals surface area (Å²) in [6, 6.07) is 12.4. The first kappa shape index (κ1) is 12.5. The third-order valence-corrected chi connectivity index (χ3v) is 4.69. The minimum Gasteiger partial charge on any atom is -0.248 e. The summed E-state index contributed by atoms with van der Waals surface area (Å²) in [5.41, 5.74) is 2.08. The number of rotatable bonds is 1. The lowest BCUT2D eigenvalue weighted by Crippen LogP contribution is -1.87. The molecule has 0 saturated heterocycles. The van der Waals surface area contributed by atoms with Gasteiger partial charge in [0.2, 0.25) is 0 Å². The Kier molecular flexibility index (Phi) is 3.34. The van der Waals surface area contributed by atoms with E-state index in [1.54, 1.807) is 11.8 Å². The number of hydrogen-bond donors (Lipinski definition) is 0. The van der Waals surface area contributed by atoms with Gasteiger partial charge in [-0.05, 0) is 42.7 Å². The quantitative estimate of drug-likeness (QED) is 0.399. The topological polar surface area (TPSA) is 12.9 Å². The predicted molar refractivity (Wildman–Crippen MR) is 86.4 cm³/mol. The third kappa shape index (κ3) is 2.06. The maximum atomic E-state index is 4.71. The summed E-state index contributed by atoms with van der Waals surface area (Å²) >= 11 is 8.82. The van der Waals surface area contributed by atoms with Crippen molar-refractivity contribution in [3.63, 3.8) is 0 Å². The highest BCUT2D eigenvalue weighted by molar-refractivity contribution is 9.10. The van der Waals surface area contributed by atoms with E-state index in [9.17, 15) is 0 Å². The van der Waals surface area contributed by atoms with Crippen LogP contribution >= 0.6 is 43.6 Å². The van der Waals surface area contributed by atoms with Crippen molar-refractivity contribution in [2.75, 3.05) is 6.26 Å². The average Bonchev–Trinajstić information content (AvgIpc) is 2.36. The zero-order valence-corrected chi connectivity index (χ0v) is 13.6. The molecular formula is C14H9Br2NS. The minimum atomic E-state index is 1.04. The molecule has 1 nitrogen and oxygen atoms in total. The molecule has 0 spiro atoms. The van der Waals surface area contributed by atoms with E-state index < -0.39 is 0 Å². The third-order valence-electron chi connectivity index (χ3n) is 2.85. The van der Waals surface area contributed by atoms with Crippen LogP contribution in [0.4, 0.5) is 0 Å². The number of fused-ring (bicyclic) bond motifs is 2. The van der Waals surface area contributed by atoms with Crippen molar-refractivity contribution in [1.29, 1.82) is 0 Å². The molecule has 4 heteroatoms. The summed E-state index contributed by atoms with van der Waals surface area (Å²) < 4.78 is 2.17. The number of nitrogens with zero attached hydrogens (tertiary/aromatic N) is 1. The van der Waals surface area contributed by atoms with E-state index in [2.05, 4.69) is 62.4 Å². The standard InChI is InChI=1S/C14H9Br2NS/c1-18-14-10-6-8(15)2-4-12(10)17-13-5-3-9(16)7-11(13)14/h2-7H,1H3. The SMILES string of the molecule is CSc1c2cc(Br)ccc2nc2ccc(Br)cc12. The van der Waals surface area contributed by atoms with Crippen LogP contribution in [-0.4, -0.2) is 11.2 Å². The highest BCUT2D eigenvalue weighted by Gasteiger charge is 2.09. The number of hydrogen-bond acceptors (Lipinski definition) is 2. The molecule has 0 saturated carbocycles. The first-order valence-corrected chi connectivity index (χ1v) is 8.22. The van der Waals surface area contributed by atoms with Gasteiger partial charge in [-0.2, -0.15) is 0 Å². The first-order valence-electron chi connectivity index (χ1n) is 5.41. The fraction of sp³-hybridized carbons (Fsp3) is 0.0714. The van der Waals surface area contributed by atoms with E-state index in [4.69, 9.17) is 4.98 Å². The Labute approximate surface area is 126 Å². The van der Waals surface area contributed by atoms with Crippen molar-refractivity contribution in [1.82, 2.24) is 4.98 Å². The van der Waals surface area contributed by atoms with Crippen LogP contribution in [0.15, 0.2) is 50.2 Å². The number of pyridine rings is 1. The number of halogens is 2. The van der Waals surface area contributed by atoms with Crippen LogP contribution in [0.1, 0.15) is 0 Å². The molecule has 0 aliphatic rings. The predicted octanol–water partition coefficient (Wildman–Crippen LogP) is 5.63. The summed E-state index contributed by atoms with van der Waals surface area (Å²) in [4.78, 5) is 5.99. The fourth-order valence-electron chi connectivity index (χ4n) is 2.07. The molecule has 2 aromatic carbocycles. The van der Waals surface area contributed by atoms with Crippen molar-refractivity contribution in [3.8, 4) is 0 Å². The van der Waals surface area contributed by atoms with Gasteiger partial charge in [0.1, 0.15) is 0 Å². The minimum absolute atomic E-state index is 1.04. The van der Waals surface area contributed by atoms with Crippen molar-refractivity contribution in [2.24, 2.45) is 0 Å². The molecule has 0 bridgehead atoms. The Morgan fingerprint density at radius 3 is 1.83 bits per heavy atom. The zero-order chi connectivity index (χ0) is 12.7. The lowest BCUT2D eigenvalue weighted by molar-refractivity contribution is 1.44. The van der Waals surface area contributed by atoms with Gasteiger partial charge in [-0.3, -0.25) is 0 Å². The number of thioether (sulfide) groups is 1. The monoisotopic (exact) mass is 381 g/mol. The second kappa shape index (κ2) is 4.83. The van der Waals surface area contributed by atoms with Gasteiger partial charge in [0.05, 0.1) is 11.0 Å². The van der Waals surface area contributed by atoms with Crippen LogP contribution < -0.4 is 0 Å². The van der Waals surface area contributed by atoms with Crippen LogP contribution in [0.25, 0.3) is 21.8 Å². The summed E-state index contributed by atoms with van der Waals surface area (Å²) in [6.07, 6.45) is 2.11. The van der Waals surface area contributed by atoms with Gasteiger partial charge in [0.25, 0.3) is 0 Å². The summed E-state index contributed by atoms with van der Waals surface area (Å²) in [5, 5.41) is 2.39. The second-order valence-electron chi connectivity index (χ2n) is 3.97. The molecule has 0 unspecified atom stereocenters. The molecule has 3 aromatic rings. The van der Waals surface area contributed by atoms with Crippen molar-refractivity contribution < 1.29 is 0 Å². The summed E-state index contributed by atoms with van der Waals surface area (Å²) in [7, 11) is 0. The maximum absolute atomic E-state index is 4.71. The number of aromatic nitrogens is 1. The van der Waals surface area contributed by atoms with Gasteiger partial charge < -0.3 is 0 Å². The first-order chi connectivity index (χ1) is 8.69. The largest absolute Gasteiger partial charge is 0.248 e. The Balaban J connectivity index is 2.53. The smallest absolute Gasteiger partial charge is 0.0721 e. The lowest BCUT2D eigenvalue weighted by Gasteiger charge is -2.09. The van der Waals surface area contributed by atoms with Crippen LogP contribution in [-0.2, 0) is 0 Å². The Hall–Kier alpha value is -0.580. The maximum Gasteiger partial charge on any atom is 0.0721 e. The van der Waals surface area contributed by atoms with Crippen LogP contribution in [0.5, 0.6) is 0 Å². The van der Waals surface area contributed by atoms with E-state index in [1.807, 2.05) is 12.1 Å². The van der Waals surface area contributed by atoms with Gasteiger partial charge in [-0.25, -0.2) is 4.98 Å². The van der Waals surface area contributed by atoms with Gasteiger partial charge in [0.15, 0.2) is 0 Å². The molecule has 0 atom stereocenters. The molecule has 0 N–H and O–H groups in total. The zero-order valence-electron chi connectivity index (χ0n) is 9.58. The van der Waals surface area contributed by atoms with Gasteiger partial charge in [-0.15, -0.1) is 11.8 Å². The Morgan fingerprint density at radius 1 is 0.889 bits per heavy atom. The molecule has 90 valence electrons. The molecule has 0 aliphatic carbocycles. The molecule has 0 aliphatic heterocycles. The molecule has 0 amide bonds. The molecule has 0 fully saturated rings. The van der Waals surface area contributed by atoms with E-state index >= 15 is 0 Å². The summed E-state index contributed by atoms with van der Waals surface area (Å²) in [5.74, 6) is 0. The van der Waals surface area contributed by atoms with Crippen molar-refractivity contribution >= 4 is 65.4 Å². The van der Waals surface area contributed by atoms with E-state index in [-0.39, 0.29) is 0 Å². The van der Waals surface area contributed by atoms with Crippen LogP contribution in [0.2, 0.25) is 0 Å². The summed E-state index contributed by atoms with van der Waals surface area (Å²) in [6.45, 7) is 0. The molecule has 18 heavy (non-hydrogen) atoms. The van der Waals surface area contributed by atoms with Crippen LogP contribution in [0.3, 0.4) is 0 Å². The normalized spacial score (nSPS) is 11.3. The average molecular weight is 383 g/mol. The highest BCUT2D eigenvalue weighted by atomic mass is 79.9. The fourth-order valence-corrected chi connectivity index (χ4v) is 3.56. The molecule has 3 rings (SSSR count). The molecule has 1 aromatic heterocycles. The Bertz CT molecular complexity index is 695. The number of benzene rings is 2. The van der Waals surface area contributed by atoms with E-state index in [0.29, 0.717) is 0 Å². The molecule has 0 radical (unpaired) electrons. The van der Waals surface area contributed by atoms with Gasteiger partial charge in [0, 0.05) is 24.6 Å². The lowest BCUT2D eigenvalue weighted by atomic mass is 10.1. The molecular weight excluding hydrogens is 374 g/mol. The van der Waals surface area contributed by atoms with Crippen LogP contribution in [0, 0.1) is 0 Å². The Morgan fingerprint density at radius 2 is 1.39 bits per heavy atom. The molecule has 1 heterocycles. The van der Waals surface area contributed by atoms with Gasteiger partial charge >= 0.3 is 0 Å². The van der Waals surface area contributed by atoms with E-state index in [1.165, 1.54) is 15.7 Å².